The molecule has 0 fully saturated rings. The van der Waals surface area contributed by atoms with E-state index in [1.165, 1.54) is 5.54 Å². The van der Waals surface area contributed by atoms with Gasteiger partial charge in [0.1, 0.15) is 6.54 Å². The molecule has 0 aromatic heterocycles. The minimum atomic E-state index is -0.945. The number of hydrogen-bond donors (Lipinski definition) is 1. The largest absolute Gasteiger partial charge is 0.480 e. The Bertz CT molecular complexity index is 417. The number of rotatable bonds is 5. The Morgan fingerprint density at radius 1 is 1.29 bits per heavy atom. The number of nitrogens with zero attached hydrogens (tertiary/aromatic N) is 1. The summed E-state index contributed by atoms with van der Waals surface area (Å²) in [6.07, 6.45) is 0. The molecule has 0 atom stereocenters. The predicted octanol–water partition coefficient (Wildman–Crippen LogP) is 3.55. The smallest absolute Gasteiger partial charge is 0.323 e. The first-order valence-electron chi connectivity index (χ1n) is 4.70. The zero-order chi connectivity index (χ0) is 12.8. The highest BCUT2D eigenvalue weighted by Gasteiger charge is 2.11. The third-order valence-corrected chi connectivity index (χ3v) is 2.83. The third kappa shape index (κ3) is 4.86. The van der Waals surface area contributed by atoms with Crippen LogP contribution in [0.4, 0.5) is 5.69 Å². The molecular formula is C11H10Cl3NO2. The maximum Gasteiger partial charge on any atom is 0.323 e. The number of carboxylic acids is 1. The van der Waals surface area contributed by atoms with Crippen molar-refractivity contribution in [2.45, 2.75) is 0 Å². The maximum absolute atomic E-state index is 10.8. The zero-order valence-electron chi connectivity index (χ0n) is 8.74. The molecule has 0 saturated heterocycles. The first-order valence-corrected chi connectivity index (χ1v) is 5.89. The zero-order valence-corrected chi connectivity index (χ0v) is 11.0. The number of halogens is 3. The molecule has 0 spiro atoms. The van der Waals surface area contributed by atoms with Gasteiger partial charge in [-0.25, -0.2) is 0 Å². The van der Waals surface area contributed by atoms with Gasteiger partial charge in [-0.15, -0.1) is 0 Å². The quantitative estimate of drug-likeness (QED) is 0.903. The number of anilines is 1. The lowest BCUT2D eigenvalue weighted by molar-refractivity contribution is -0.135. The highest BCUT2D eigenvalue weighted by Crippen LogP contribution is 2.20. The average molecular weight is 295 g/mol. The monoisotopic (exact) mass is 293 g/mol. The number of hydrogen-bond acceptors (Lipinski definition) is 2. The van der Waals surface area contributed by atoms with Crippen LogP contribution >= 0.6 is 34.8 Å². The van der Waals surface area contributed by atoms with Crippen LogP contribution in [-0.2, 0) is 4.79 Å². The van der Waals surface area contributed by atoms with E-state index in [2.05, 4.69) is 0 Å². The molecule has 0 aliphatic carbocycles. The van der Waals surface area contributed by atoms with Crippen LogP contribution in [0.3, 0.4) is 0 Å². The number of carbonyl (C=O) groups is 1. The molecule has 1 rings (SSSR count). The molecule has 1 N–H and O–H groups in total. The molecule has 0 aliphatic rings. The van der Waals surface area contributed by atoms with E-state index in [0.717, 1.165) is 0 Å². The number of carboxylic acid groups (broad SMARTS) is 1. The Kier molecular flexibility index (Phi) is 5.62. The molecule has 92 valence electrons. The van der Waals surface area contributed by atoms with Gasteiger partial charge in [0.2, 0.25) is 0 Å². The summed E-state index contributed by atoms with van der Waals surface area (Å²) < 4.78 is 0. The van der Waals surface area contributed by atoms with Crippen LogP contribution in [0.5, 0.6) is 0 Å². The predicted molar refractivity (Wildman–Crippen MR) is 71.1 cm³/mol. The van der Waals surface area contributed by atoms with Gasteiger partial charge in [0.15, 0.2) is 0 Å². The summed E-state index contributed by atoms with van der Waals surface area (Å²) >= 11 is 17.0. The summed E-state index contributed by atoms with van der Waals surface area (Å²) in [4.78, 5) is 12.3. The van der Waals surface area contributed by atoms with Crippen molar-refractivity contribution in [1.29, 1.82) is 0 Å². The van der Waals surface area contributed by atoms with Crippen molar-refractivity contribution in [1.82, 2.24) is 0 Å². The van der Waals surface area contributed by atoms with Gasteiger partial charge in [-0.3, -0.25) is 4.79 Å². The normalized spacial score (nSPS) is 11.4. The van der Waals surface area contributed by atoms with Gasteiger partial charge in [0.05, 0.1) is 6.54 Å². The molecule has 1 aromatic carbocycles. The summed E-state index contributed by atoms with van der Waals surface area (Å²) in [6.45, 7) is 0.0710. The van der Waals surface area contributed by atoms with Gasteiger partial charge in [0, 0.05) is 21.3 Å². The Labute approximate surface area is 114 Å². The van der Waals surface area contributed by atoms with Crippen molar-refractivity contribution in [2.75, 3.05) is 18.0 Å². The second kappa shape index (κ2) is 6.74. The van der Waals surface area contributed by atoms with Gasteiger partial charge in [-0.1, -0.05) is 34.8 Å². The molecule has 6 heteroatoms. The Hall–Kier alpha value is -0.900. The molecular weight excluding hydrogens is 284 g/mol. The fraction of sp³-hybridized carbons (Fsp3) is 0.182. The van der Waals surface area contributed by atoms with E-state index < -0.39 is 5.97 Å². The van der Waals surface area contributed by atoms with Crippen LogP contribution in [-0.4, -0.2) is 24.2 Å². The lowest BCUT2D eigenvalue weighted by Gasteiger charge is -2.22. The summed E-state index contributed by atoms with van der Waals surface area (Å²) in [6, 6.07) is 6.82. The minimum Gasteiger partial charge on any atom is -0.480 e. The van der Waals surface area contributed by atoms with Crippen LogP contribution in [0.25, 0.3) is 0 Å². The summed E-state index contributed by atoms with van der Waals surface area (Å²) in [5.41, 5.74) is 1.93. The van der Waals surface area contributed by atoms with E-state index in [9.17, 15) is 4.79 Å². The molecule has 1 aromatic rings. The van der Waals surface area contributed by atoms with Crippen LogP contribution in [0, 0.1) is 0 Å². The Morgan fingerprint density at radius 2 is 1.88 bits per heavy atom. The number of aliphatic carboxylic acids is 1. The van der Waals surface area contributed by atoms with Gasteiger partial charge in [-0.2, -0.15) is 0 Å². The lowest BCUT2D eigenvalue weighted by atomic mass is 10.3. The standard InChI is InChI=1S/C11H10Cl3NO2/c12-5-9(14)6-15(7-11(16)17)10-3-1-8(13)2-4-10/h1-5H,6-7H2,(H,16,17). The van der Waals surface area contributed by atoms with Crippen molar-refractivity contribution in [2.24, 2.45) is 0 Å². The first kappa shape index (κ1) is 14.2. The fourth-order valence-corrected chi connectivity index (χ4v) is 1.61. The van der Waals surface area contributed by atoms with E-state index in [1.54, 1.807) is 29.2 Å². The van der Waals surface area contributed by atoms with E-state index in [4.69, 9.17) is 39.9 Å². The highest BCUT2D eigenvalue weighted by atomic mass is 35.5. The molecule has 0 saturated carbocycles. The molecule has 0 bridgehead atoms. The Balaban J connectivity index is 2.89. The van der Waals surface area contributed by atoms with Crippen molar-refractivity contribution >= 4 is 46.5 Å². The molecule has 0 heterocycles. The van der Waals surface area contributed by atoms with Crippen molar-refractivity contribution in [3.8, 4) is 0 Å². The van der Waals surface area contributed by atoms with Gasteiger partial charge in [-0.05, 0) is 24.3 Å². The highest BCUT2D eigenvalue weighted by molar-refractivity contribution is 6.36. The van der Waals surface area contributed by atoms with Crippen molar-refractivity contribution in [3.05, 3.63) is 39.9 Å². The van der Waals surface area contributed by atoms with Crippen LogP contribution in [0.2, 0.25) is 5.02 Å². The maximum atomic E-state index is 10.8. The van der Waals surface area contributed by atoms with E-state index in [0.29, 0.717) is 15.7 Å². The SMILES string of the molecule is O=C(O)CN(CC(Cl)=CCl)c1ccc(Cl)cc1. The molecule has 0 unspecified atom stereocenters. The third-order valence-electron chi connectivity index (χ3n) is 1.98. The topological polar surface area (TPSA) is 40.5 Å². The molecule has 0 radical (unpaired) electrons. The number of benzene rings is 1. The lowest BCUT2D eigenvalue weighted by Crippen LogP contribution is -2.30. The summed E-state index contributed by atoms with van der Waals surface area (Å²) in [7, 11) is 0. The Morgan fingerprint density at radius 3 is 2.35 bits per heavy atom. The van der Waals surface area contributed by atoms with E-state index >= 15 is 0 Å². The molecule has 17 heavy (non-hydrogen) atoms. The molecule has 3 nitrogen and oxygen atoms in total. The minimum absolute atomic E-state index is 0.164. The fourth-order valence-electron chi connectivity index (χ4n) is 1.27. The van der Waals surface area contributed by atoms with Crippen LogP contribution in [0.15, 0.2) is 34.8 Å². The van der Waals surface area contributed by atoms with Crippen molar-refractivity contribution < 1.29 is 9.90 Å². The molecule has 0 amide bonds. The first-order chi connectivity index (χ1) is 8.02. The van der Waals surface area contributed by atoms with Crippen LogP contribution < -0.4 is 4.90 Å². The summed E-state index contributed by atoms with van der Waals surface area (Å²) in [5.74, 6) is -0.945. The summed E-state index contributed by atoms with van der Waals surface area (Å²) in [5, 5.41) is 9.77. The van der Waals surface area contributed by atoms with E-state index in [1.807, 2.05) is 0 Å². The van der Waals surface area contributed by atoms with Gasteiger partial charge >= 0.3 is 5.97 Å². The van der Waals surface area contributed by atoms with Crippen LogP contribution in [0.1, 0.15) is 0 Å². The van der Waals surface area contributed by atoms with Crippen molar-refractivity contribution in [3.63, 3.8) is 0 Å². The second-order valence-electron chi connectivity index (χ2n) is 3.28. The average Bonchev–Trinajstić information content (AvgIpc) is 2.28. The molecule has 0 aliphatic heterocycles. The van der Waals surface area contributed by atoms with Gasteiger partial charge in [0.25, 0.3) is 0 Å². The van der Waals surface area contributed by atoms with Gasteiger partial charge < -0.3 is 10.0 Å². The second-order valence-corrected chi connectivity index (χ2v) is 4.42. The van der Waals surface area contributed by atoms with E-state index in [-0.39, 0.29) is 13.1 Å².